The van der Waals surface area contributed by atoms with Crippen LogP contribution in [0.3, 0.4) is 0 Å². The van der Waals surface area contributed by atoms with Gasteiger partial charge in [-0.3, -0.25) is 9.20 Å². The Hall–Kier alpha value is -2.97. The summed E-state index contributed by atoms with van der Waals surface area (Å²) in [6.07, 6.45) is 1.66. The Morgan fingerprint density at radius 2 is 2.11 bits per heavy atom. The number of aliphatic hydroxyl groups excluding tert-OH is 1. The molecule has 0 amide bonds. The van der Waals surface area contributed by atoms with Gasteiger partial charge < -0.3 is 20.6 Å². The van der Waals surface area contributed by atoms with E-state index in [1.165, 1.54) is 16.5 Å². The minimum Gasteiger partial charge on any atom is -0.391 e. The Bertz CT molecular complexity index is 1020. The maximum absolute atomic E-state index is 13.5. The topological polar surface area (TPSA) is 81.9 Å². The second kappa shape index (κ2) is 8.81. The minimum atomic E-state index is -0.475. The molecule has 0 radical (unpaired) electrons. The first kappa shape index (κ1) is 19.8. The molecule has 0 aliphatic heterocycles. The number of anilines is 3. The monoisotopic (exact) mass is 385 g/mol. The van der Waals surface area contributed by atoms with Crippen molar-refractivity contribution < 1.29 is 9.50 Å². The average molecular weight is 385 g/mol. The summed E-state index contributed by atoms with van der Waals surface area (Å²) >= 11 is 0. The molecular weight excluding hydrogens is 361 g/mol. The molecule has 28 heavy (non-hydrogen) atoms. The number of fused-ring (bicyclic) bond motifs is 1. The zero-order valence-corrected chi connectivity index (χ0v) is 15.9. The second-order valence-electron chi connectivity index (χ2n) is 6.33. The van der Waals surface area contributed by atoms with E-state index in [1.807, 2.05) is 19.2 Å². The van der Waals surface area contributed by atoms with E-state index in [1.54, 1.807) is 18.3 Å². The molecule has 7 nitrogen and oxygen atoms in total. The second-order valence-corrected chi connectivity index (χ2v) is 6.33. The van der Waals surface area contributed by atoms with Crippen molar-refractivity contribution in [1.82, 2.24) is 14.7 Å². The Labute approximate surface area is 162 Å². The molecule has 0 saturated heterocycles. The van der Waals surface area contributed by atoms with Crippen LogP contribution in [0.15, 0.2) is 47.4 Å². The quantitative estimate of drug-likeness (QED) is 0.551. The highest BCUT2D eigenvalue weighted by Gasteiger charge is 2.14. The molecule has 0 unspecified atom stereocenters. The number of pyridine rings is 1. The van der Waals surface area contributed by atoms with E-state index in [2.05, 4.69) is 27.4 Å². The van der Waals surface area contributed by atoms with Crippen molar-refractivity contribution in [2.24, 2.45) is 0 Å². The predicted molar refractivity (Wildman–Crippen MR) is 109 cm³/mol. The van der Waals surface area contributed by atoms with Crippen LogP contribution in [0.25, 0.3) is 5.65 Å². The molecule has 1 aromatic carbocycles. The highest BCUT2D eigenvalue weighted by molar-refractivity contribution is 5.64. The first-order chi connectivity index (χ1) is 13.6. The first-order valence-corrected chi connectivity index (χ1v) is 9.15. The van der Waals surface area contributed by atoms with Crippen LogP contribution in [-0.4, -0.2) is 41.2 Å². The van der Waals surface area contributed by atoms with Crippen LogP contribution in [0.2, 0.25) is 0 Å². The van der Waals surface area contributed by atoms with Gasteiger partial charge in [-0.1, -0.05) is 6.07 Å². The molecule has 0 bridgehead atoms. The standard InChI is InChI=1S/C20H24FN5O2/c1-3-25(10-8-22-2)16-7-9-26-18(12-16)24-19(17(13-27)20(26)28)23-15-6-4-5-14(21)11-15/h4-7,9,11-12,22-23,27H,3,8,10,13H2,1-2H3. The Morgan fingerprint density at radius 3 is 2.79 bits per heavy atom. The van der Waals surface area contributed by atoms with E-state index in [9.17, 15) is 14.3 Å². The number of halogens is 1. The van der Waals surface area contributed by atoms with Crippen molar-refractivity contribution >= 4 is 22.8 Å². The van der Waals surface area contributed by atoms with Crippen LogP contribution in [0, 0.1) is 5.82 Å². The molecule has 0 spiro atoms. The first-order valence-electron chi connectivity index (χ1n) is 9.15. The molecular formula is C20H24FN5O2. The lowest BCUT2D eigenvalue weighted by Gasteiger charge is -2.23. The van der Waals surface area contributed by atoms with Crippen molar-refractivity contribution in [1.29, 1.82) is 0 Å². The molecule has 3 aromatic rings. The Kier molecular flexibility index (Phi) is 6.23. The van der Waals surface area contributed by atoms with E-state index < -0.39 is 12.4 Å². The van der Waals surface area contributed by atoms with E-state index in [0.717, 1.165) is 25.3 Å². The fraction of sp³-hybridized carbons (Fsp3) is 0.300. The fourth-order valence-corrected chi connectivity index (χ4v) is 3.03. The van der Waals surface area contributed by atoms with Gasteiger partial charge in [0, 0.05) is 43.3 Å². The molecule has 2 heterocycles. The third-order valence-electron chi connectivity index (χ3n) is 4.53. The van der Waals surface area contributed by atoms with Gasteiger partial charge in [0.25, 0.3) is 5.56 Å². The van der Waals surface area contributed by atoms with Gasteiger partial charge in [0.05, 0.1) is 12.2 Å². The maximum atomic E-state index is 13.5. The summed E-state index contributed by atoms with van der Waals surface area (Å²) in [5.41, 5.74) is 1.60. The largest absolute Gasteiger partial charge is 0.391 e. The fourth-order valence-electron chi connectivity index (χ4n) is 3.03. The van der Waals surface area contributed by atoms with Gasteiger partial charge >= 0.3 is 0 Å². The Balaban J connectivity index is 2.06. The van der Waals surface area contributed by atoms with Crippen LogP contribution >= 0.6 is 0 Å². The number of aliphatic hydroxyl groups is 1. The summed E-state index contributed by atoms with van der Waals surface area (Å²) < 4.78 is 14.9. The highest BCUT2D eigenvalue weighted by atomic mass is 19.1. The molecule has 8 heteroatoms. The predicted octanol–water partition coefficient (Wildman–Crippen LogP) is 2.12. The molecule has 148 valence electrons. The highest BCUT2D eigenvalue weighted by Crippen LogP contribution is 2.21. The Morgan fingerprint density at radius 1 is 1.29 bits per heavy atom. The minimum absolute atomic E-state index is 0.122. The lowest BCUT2D eigenvalue weighted by molar-refractivity contribution is 0.280. The normalized spacial score (nSPS) is 11.0. The van der Waals surface area contributed by atoms with Crippen LogP contribution in [0.4, 0.5) is 21.6 Å². The molecule has 2 aromatic heterocycles. The lowest BCUT2D eigenvalue weighted by atomic mass is 10.2. The number of likely N-dealkylation sites (N-methyl/N-ethyl adjacent to an activating group) is 2. The van der Waals surface area contributed by atoms with Gasteiger partial charge in [-0.15, -0.1) is 0 Å². The number of hydrogen-bond acceptors (Lipinski definition) is 6. The van der Waals surface area contributed by atoms with Crippen LogP contribution < -0.4 is 21.1 Å². The summed E-state index contributed by atoms with van der Waals surface area (Å²) in [5.74, 6) is -0.188. The van der Waals surface area contributed by atoms with Crippen molar-refractivity contribution in [2.75, 3.05) is 36.9 Å². The van der Waals surface area contributed by atoms with E-state index in [-0.39, 0.29) is 16.9 Å². The summed E-state index contributed by atoms with van der Waals surface area (Å²) in [6, 6.07) is 9.55. The van der Waals surface area contributed by atoms with E-state index in [0.29, 0.717) is 11.3 Å². The smallest absolute Gasteiger partial charge is 0.265 e. The zero-order valence-electron chi connectivity index (χ0n) is 15.9. The lowest BCUT2D eigenvalue weighted by Crippen LogP contribution is -2.31. The summed E-state index contributed by atoms with van der Waals surface area (Å²) in [5, 5.41) is 15.8. The van der Waals surface area contributed by atoms with Crippen LogP contribution in [0.5, 0.6) is 0 Å². The van der Waals surface area contributed by atoms with Gasteiger partial charge in [-0.2, -0.15) is 0 Å². The molecule has 3 N–H and O–H groups in total. The molecule has 0 aliphatic rings. The van der Waals surface area contributed by atoms with Crippen molar-refractivity contribution in [3.63, 3.8) is 0 Å². The third-order valence-corrected chi connectivity index (χ3v) is 4.53. The number of aromatic nitrogens is 2. The van der Waals surface area contributed by atoms with Crippen molar-refractivity contribution in [3.8, 4) is 0 Å². The van der Waals surface area contributed by atoms with Crippen LogP contribution in [0.1, 0.15) is 12.5 Å². The van der Waals surface area contributed by atoms with Gasteiger partial charge in [-0.25, -0.2) is 9.37 Å². The summed E-state index contributed by atoms with van der Waals surface area (Å²) in [6.45, 7) is 4.04. The molecule has 0 aliphatic carbocycles. The summed E-state index contributed by atoms with van der Waals surface area (Å²) in [7, 11) is 1.90. The number of benzene rings is 1. The van der Waals surface area contributed by atoms with Crippen LogP contribution in [-0.2, 0) is 6.61 Å². The van der Waals surface area contributed by atoms with Gasteiger partial charge in [0.1, 0.15) is 17.3 Å². The van der Waals surface area contributed by atoms with Crippen molar-refractivity contribution in [3.05, 3.63) is 64.3 Å². The molecule has 3 rings (SSSR count). The third kappa shape index (κ3) is 4.13. The van der Waals surface area contributed by atoms with Gasteiger partial charge in [-0.05, 0) is 38.2 Å². The average Bonchev–Trinajstić information content (AvgIpc) is 2.69. The molecule has 0 fully saturated rings. The number of nitrogens with zero attached hydrogens (tertiary/aromatic N) is 3. The van der Waals surface area contributed by atoms with E-state index in [4.69, 9.17) is 0 Å². The number of hydrogen-bond donors (Lipinski definition) is 3. The zero-order chi connectivity index (χ0) is 20.1. The maximum Gasteiger partial charge on any atom is 0.265 e. The molecule has 0 saturated carbocycles. The van der Waals surface area contributed by atoms with E-state index >= 15 is 0 Å². The van der Waals surface area contributed by atoms with Crippen molar-refractivity contribution in [2.45, 2.75) is 13.5 Å². The number of rotatable bonds is 8. The number of nitrogens with one attached hydrogen (secondary N) is 2. The summed E-state index contributed by atoms with van der Waals surface area (Å²) in [4.78, 5) is 19.5. The SMILES string of the molecule is CCN(CCNC)c1ccn2c(=O)c(CO)c(Nc3cccc(F)c3)nc2c1. The van der Waals surface area contributed by atoms with Gasteiger partial charge in [0.15, 0.2) is 0 Å². The molecule has 0 atom stereocenters. The van der Waals surface area contributed by atoms with Gasteiger partial charge in [0.2, 0.25) is 0 Å².